The molecular formula is C12H16N6O. The second kappa shape index (κ2) is 4.85. The highest BCUT2D eigenvalue weighted by atomic mass is 16.3. The lowest BCUT2D eigenvalue weighted by Crippen LogP contribution is -2.37. The Morgan fingerprint density at radius 3 is 2.63 bits per heavy atom. The van der Waals surface area contributed by atoms with E-state index < -0.39 is 0 Å². The van der Waals surface area contributed by atoms with Gasteiger partial charge in [-0.05, 0) is 18.9 Å². The van der Waals surface area contributed by atoms with Gasteiger partial charge < -0.3 is 15.7 Å². The predicted molar refractivity (Wildman–Crippen MR) is 71.0 cm³/mol. The molecule has 1 aliphatic rings. The van der Waals surface area contributed by atoms with Gasteiger partial charge in [0.25, 0.3) is 0 Å². The zero-order valence-electron chi connectivity index (χ0n) is 10.5. The first-order valence-electron chi connectivity index (χ1n) is 6.29. The number of nitrogens with zero attached hydrogens (tertiary/aromatic N) is 5. The average molecular weight is 260 g/mol. The van der Waals surface area contributed by atoms with Crippen molar-refractivity contribution in [2.45, 2.75) is 18.9 Å². The Kier molecular flexibility index (Phi) is 3.04. The molecule has 0 saturated carbocycles. The van der Waals surface area contributed by atoms with Crippen molar-refractivity contribution in [3.8, 4) is 5.82 Å². The fraction of sp³-hybridized carbons (Fsp3) is 0.417. The van der Waals surface area contributed by atoms with Crippen molar-refractivity contribution in [2.24, 2.45) is 0 Å². The Labute approximate surface area is 110 Å². The highest BCUT2D eigenvalue weighted by Crippen LogP contribution is 2.27. The van der Waals surface area contributed by atoms with Crippen LogP contribution < -0.4 is 10.6 Å². The van der Waals surface area contributed by atoms with Crippen LogP contribution in [0.4, 0.5) is 11.5 Å². The zero-order valence-corrected chi connectivity index (χ0v) is 10.5. The van der Waals surface area contributed by atoms with Gasteiger partial charge in [-0.3, -0.25) is 0 Å². The van der Waals surface area contributed by atoms with Crippen LogP contribution in [0.1, 0.15) is 12.8 Å². The summed E-state index contributed by atoms with van der Waals surface area (Å²) in [5.74, 6) is 1.30. The molecule has 0 aromatic carbocycles. The fourth-order valence-corrected chi connectivity index (χ4v) is 2.28. The summed E-state index contributed by atoms with van der Waals surface area (Å²) < 4.78 is 1.62. The molecule has 0 amide bonds. The molecule has 3 rings (SSSR count). The average Bonchev–Trinajstić information content (AvgIpc) is 2.94. The molecule has 7 nitrogen and oxygen atoms in total. The number of piperidine rings is 1. The normalized spacial score (nSPS) is 16.8. The monoisotopic (exact) mass is 260 g/mol. The standard InChI is InChI=1S/C12H16N6O/c13-10-11(17-6-2-9(19)3-7-17)14-8-15-12(10)18-5-1-4-16-18/h1,4-5,8-9,19H,2-3,6-7,13H2. The van der Waals surface area contributed by atoms with E-state index in [2.05, 4.69) is 20.0 Å². The summed E-state index contributed by atoms with van der Waals surface area (Å²) in [6.07, 6.45) is 6.22. The number of hydrogen-bond acceptors (Lipinski definition) is 6. The molecule has 0 unspecified atom stereocenters. The summed E-state index contributed by atoms with van der Waals surface area (Å²) in [4.78, 5) is 10.5. The van der Waals surface area contributed by atoms with E-state index in [1.165, 1.54) is 6.33 Å². The van der Waals surface area contributed by atoms with E-state index >= 15 is 0 Å². The van der Waals surface area contributed by atoms with Crippen LogP contribution >= 0.6 is 0 Å². The third kappa shape index (κ3) is 2.24. The van der Waals surface area contributed by atoms with Crippen molar-refractivity contribution >= 4 is 11.5 Å². The van der Waals surface area contributed by atoms with E-state index in [1.807, 2.05) is 6.07 Å². The molecule has 3 heterocycles. The van der Waals surface area contributed by atoms with E-state index in [1.54, 1.807) is 17.1 Å². The van der Waals surface area contributed by atoms with Crippen LogP contribution in [-0.2, 0) is 0 Å². The van der Waals surface area contributed by atoms with Crippen LogP contribution in [0.15, 0.2) is 24.8 Å². The first-order valence-corrected chi connectivity index (χ1v) is 6.29. The van der Waals surface area contributed by atoms with Crippen molar-refractivity contribution in [1.82, 2.24) is 19.7 Å². The zero-order chi connectivity index (χ0) is 13.2. The molecule has 1 fully saturated rings. The molecule has 0 bridgehead atoms. The SMILES string of the molecule is Nc1c(N2CCC(O)CC2)ncnc1-n1cccn1. The van der Waals surface area contributed by atoms with Gasteiger partial charge in [0.1, 0.15) is 12.0 Å². The molecule has 0 spiro atoms. The second-order valence-electron chi connectivity index (χ2n) is 4.60. The van der Waals surface area contributed by atoms with Crippen molar-refractivity contribution in [3.63, 3.8) is 0 Å². The molecule has 0 radical (unpaired) electrons. The molecule has 3 N–H and O–H groups in total. The third-order valence-electron chi connectivity index (χ3n) is 3.33. The van der Waals surface area contributed by atoms with Crippen LogP contribution in [0.25, 0.3) is 5.82 Å². The molecule has 7 heteroatoms. The van der Waals surface area contributed by atoms with E-state index in [0.29, 0.717) is 17.3 Å². The Bertz CT molecular complexity index is 547. The highest BCUT2D eigenvalue weighted by Gasteiger charge is 2.21. The molecule has 1 saturated heterocycles. The molecule has 19 heavy (non-hydrogen) atoms. The predicted octanol–water partition coefficient (Wildman–Crippen LogP) is 0.206. The van der Waals surface area contributed by atoms with Gasteiger partial charge in [-0.15, -0.1) is 0 Å². The molecule has 1 aliphatic heterocycles. The van der Waals surface area contributed by atoms with Gasteiger partial charge in [0.05, 0.1) is 6.10 Å². The van der Waals surface area contributed by atoms with Crippen molar-refractivity contribution in [1.29, 1.82) is 0 Å². The summed E-state index contributed by atoms with van der Waals surface area (Å²) in [7, 11) is 0. The Balaban J connectivity index is 1.92. The quantitative estimate of drug-likeness (QED) is 0.801. The van der Waals surface area contributed by atoms with Gasteiger partial charge in [-0.1, -0.05) is 0 Å². The lowest BCUT2D eigenvalue weighted by Gasteiger charge is -2.31. The summed E-state index contributed by atoms with van der Waals surface area (Å²) in [5, 5.41) is 13.7. The second-order valence-corrected chi connectivity index (χ2v) is 4.60. The van der Waals surface area contributed by atoms with E-state index in [-0.39, 0.29) is 6.10 Å². The third-order valence-corrected chi connectivity index (χ3v) is 3.33. The number of nitrogens with two attached hydrogens (primary N) is 1. The maximum Gasteiger partial charge on any atom is 0.181 e. The topological polar surface area (TPSA) is 93.1 Å². The molecular weight excluding hydrogens is 244 g/mol. The summed E-state index contributed by atoms with van der Waals surface area (Å²) in [6, 6.07) is 1.82. The minimum Gasteiger partial charge on any atom is -0.393 e. The number of aromatic nitrogens is 4. The maximum atomic E-state index is 9.54. The number of aliphatic hydroxyl groups excluding tert-OH is 1. The van der Waals surface area contributed by atoms with E-state index in [9.17, 15) is 5.11 Å². The number of anilines is 2. The summed E-state index contributed by atoms with van der Waals surface area (Å²) in [6.45, 7) is 1.50. The van der Waals surface area contributed by atoms with Crippen LogP contribution in [-0.4, -0.2) is 44.0 Å². The van der Waals surface area contributed by atoms with Gasteiger partial charge in [-0.2, -0.15) is 5.10 Å². The van der Waals surface area contributed by atoms with E-state index in [0.717, 1.165) is 25.9 Å². The lowest BCUT2D eigenvalue weighted by molar-refractivity contribution is 0.145. The molecule has 0 aliphatic carbocycles. The smallest absolute Gasteiger partial charge is 0.181 e. The highest BCUT2D eigenvalue weighted by molar-refractivity contribution is 5.70. The Morgan fingerprint density at radius 1 is 1.21 bits per heavy atom. The van der Waals surface area contributed by atoms with Crippen LogP contribution in [0.3, 0.4) is 0 Å². The maximum absolute atomic E-state index is 9.54. The van der Waals surface area contributed by atoms with Gasteiger partial charge in [0.15, 0.2) is 11.6 Å². The lowest BCUT2D eigenvalue weighted by atomic mass is 10.1. The van der Waals surface area contributed by atoms with Gasteiger partial charge in [0.2, 0.25) is 0 Å². The van der Waals surface area contributed by atoms with Crippen molar-refractivity contribution < 1.29 is 5.11 Å². The summed E-state index contributed by atoms with van der Waals surface area (Å²) in [5.41, 5.74) is 6.67. The summed E-state index contributed by atoms with van der Waals surface area (Å²) >= 11 is 0. The minimum atomic E-state index is -0.218. The fourth-order valence-electron chi connectivity index (χ4n) is 2.28. The molecule has 2 aromatic heterocycles. The van der Waals surface area contributed by atoms with Gasteiger partial charge >= 0.3 is 0 Å². The number of rotatable bonds is 2. The molecule has 0 atom stereocenters. The van der Waals surface area contributed by atoms with Crippen molar-refractivity contribution in [3.05, 3.63) is 24.8 Å². The number of hydrogen-bond donors (Lipinski definition) is 2. The minimum absolute atomic E-state index is 0.218. The Hall–Kier alpha value is -2.15. The number of nitrogen functional groups attached to an aromatic ring is 1. The first-order chi connectivity index (χ1) is 9.25. The van der Waals surface area contributed by atoms with Crippen molar-refractivity contribution in [2.75, 3.05) is 23.7 Å². The number of aliphatic hydroxyl groups is 1. The largest absolute Gasteiger partial charge is 0.393 e. The Morgan fingerprint density at radius 2 is 1.95 bits per heavy atom. The van der Waals surface area contributed by atoms with Crippen LogP contribution in [0.2, 0.25) is 0 Å². The van der Waals surface area contributed by atoms with Gasteiger partial charge in [0, 0.05) is 25.5 Å². The van der Waals surface area contributed by atoms with E-state index in [4.69, 9.17) is 5.73 Å². The van der Waals surface area contributed by atoms with Crippen LogP contribution in [0.5, 0.6) is 0 Å². The first kappa shape index (κ1) is 11.9. The molecule has 2 aromatic rings. The van der Waals surface area contributed by atoms with Gasteiger partial charge in [-0.25, -0.2) is 14.6 Å². The van der Waals surface area contributed by atoms with Crippen LogP contribution in [0, 0.1) is 0 Å². The molecule has 100 valence electrons.